The molecular formula is C17H25N3. The second-order valence-electron chi connectivity index (χ2n) is 5.64. The first kappa shape index (κ1) is 14.8. The molecule has 1 unspecified atom stereocenters. The highest BCUT2D eigenvalue weighted by Gasteiger charge is 2.11. The number of aromatic nitrogens is 2. The van der Waals surface area contributed by atoms with Crippen LogP contribution in [0.2, 0.25) is 0 Å². The molecule has 0 saturated carbocycles. The minimum absolute atomic E-state index is 0.441. The van der Waals surface area contributed by atoms with Crippen LogP contribution in [0.1, 0.15) is 29.3 Å². The van der Waals surface area contributed by atoms with Crippen LogP contribution in [0.25, 0.3) is 0 Å². The molecule has 3 nitrogen and oxygen atoms in total. The molecule has 2 rings (SSSR count). The van der Waals surface area contributed by atoms with Gasteiger partial charge in [-0.1, -0.05) is 36.2 Å². The van der Waals surface area contributed by atoms with E-state index in [1.807, 2.05) is 17.9 Å². The molecule has 0 fully saturated rings. The molecule has 0 spiro atoms. The number of hydrogen-bond donors (Lipinski definition) is 1. The normalized spacial score (nSPS) is 12.6. The van der Waals surface area contributed by atoms with Crippen molar-refractivity contribution in [2.24, 2.45) is 7.05 Å². The smallest absolute Gasteiger partial charge is 0.0640 e. The van der Waals surface area contributed by atoms with Crippen molar-refractivity contribution in [1.82, 2.24) is 15.1 Å². The van der Waals surface area contributed by atoms with E-state index in [9.17, 15) is 0 Å². The molecule has 0 aliphatic heterocycles. The zero-order valence-corrected chi connectivity index (χ0v) is 13.0. The predicted molar refractivity (Wildman–Crippen MR) is 84.0 cm³/mol. The fraction of sp³-hybridized carbons (Fsp3) is 0.471. The predicted octanol–water partition coefficient (Wildman–Crippen LogP) is 2.80. The molecule has 0 saturated heterocycles. The Morgan fingerprint density at radius 2 is 1.85 bits per heavy atom. The summed E-state index contributed by atoms with van der Waals surface area (Å²) in [5.74, 6) is 0. The van der Waals surface area contributed by atoms with Crippen LogP contribution in [0.15, 0.2) is 30.5 Å². The van der Waals surface area contributed by atoms with Gasteiger partial charge in [-0.2, -0.15) is 5.10 Å². The van der Waals surface area contributed by atoms with Crippen LogP contribution in [0.4, 0.5) is 0 Å². The Labute approximate surface area is 122 Å². The second kappa shape index (κ2) is 6.71. The lowest BCUT2D eigenvalue weighted by Crippen LogP contribution is -2.33. The minimum atomic E-state index is 0.441. The molecule has 0 aliphatic carbocycles. The molecule has 108 valence electrons. The highest BCUT2D eigenvalue weighted by atomic mass is 15.2. The average molecular weight is 271 g/mol. The third-order valence-corrected chi connectivity index (χ3v) is 3.48. The fourth-order valence-electron chi connectivity index (χ4n) is 2.80. The van der Waals surface area contributed by atoms with Gasteiger partial charge in [0.1, 0.15) is 0 Å². The van der Waals surface area contributed by atoms with Crippen molar-refractivity contribution in [3.05, 3.63) is 52.8 Å². The third kappa shape index (κ3) is 4.20. The van der Waals surface area contributed by atoms with Crippen LogP contribution in [0.5, 0.6) is 0 Å². The second-order valence-corrected chi connectivity index (χ2v) is 5.64. The van der Waals surface area contributed by atoms with Gasteiger partial charge in [-0.15, -0.1) is 0 Å². The van der Waals surface area contributed by atoms with E-state index in [-0.39, 0.29) is 0 Å². The van der Waals surface area contributed by atoms with Gasteiger partial charge in [-0.3, -0.25) is 4.68 Å². The van der Waals surface area contributed by atoms with E-state index in [1.54, 1.807) is 0 Å². The highest BCUT2D eigenvalue weighted by Crippen LogP contribution is 2.13. The van der Waals surface area contributed by atoms with Crippen LogP contribution >= 0.6 is 0 Å². The Kier molecular flexibility index (Phi) is 4.96. The lowest BCUT2D eigenvalue weighted by molar-refractivity contribution is 0.513. The van der Waals surface area contributed by atoms with Gasteiger partial charge < -0.3 is 5.32 Å². The number of benzene rings is 1. The van der Waals surface area contributed by atoms with Gasteiger partial charge in [-0.05, 0) is 38.4 Å². The van der Waals surface area contributed by atoms with Crippen LogP contribution in [0.3, 0.4) is 0 Å². The Balaban J connectivity index is 2.08. The average Bonchev–Trinajstić information content (AvgIpc) is 2.73. The molecule has 20 heavy (non-hydrogen) atoms. The summed E-state index contributed by atoms with van der Waals surface area (Å²) < 4.78 is 1.87. The van der Waals surface area contributed by atoms with Crippen LogP contribution in [-0.4, -0.2) is 22.4 Å². The molecule has 0 bridgehead atoms. The van der Waals surface area contributed by atoms with E-state index in [2.05, 4.69) is 55.5 Å². The maximum Gasteiger partial charge on any atom is 0.0640 e. The van der Waals surface area contributed by atoms with E-state index >= 15 is 0 Å². The number of likely N-dealkylation sites (N-methyl/N-ethyl adjacent to an activating group) is 1. The Bertz CT molecular complexity index is 537. The van der Waals surface area contributed by atoms with Gasteiger partial charge >= 0.3 is 0 Å². The summed E-state index contributed by atoms with van der Waals surface area (Å²) in [6.45, 7) is 7.48. The monoisotopic (exact) mass is 271 g/mol. The fourth-order valence-corrected chi connectivity index (χ4v) is 2.80. The number of nitrogens with zero attached hydrogens (tertiary/aromatic N) is 2. The van der Waals surface area contributed by atoms with E-state index < -0.39 is 0 Å². The van der Waals surface area contributed by atoms with Gasteiger partial charge in [-0.25, -0.2) is 0 Å². The Morgan fingerprint density at radius 3 is 2.40 bits per heavy atom. The van der Waals surface area contributed by atoms with Gasteiger partial charge in [0.2, 0.25) is 0 Å². The van der Waals surface area contributed by atoms with Gasteiger partial charge in [0, 0.05) is 25.7 Å². The summed E-state index contributed by atoms with van der Waals surface area (Å²) >= 11 is 0. The quantitative estimate of drug-likeness (QED) is 0.875. The first-order chi connectivity index (χ1) is 9.56. The summed E-state index contributed by atoms with van der Waals surface area (Å²) in [5, 5.41) is 8.06. The zero-order valence-electron chi connectivity index (χ0n) is 13.0. The SMILES string of the molecule is CCNC(Cc1cc(C)cc(C)c1)Cc1ccn(C)n1. The van der Waals surface area contributed by atoms with E-state index in [1.165, 1.54) is 16.7 Å². The largest absolute Gasteiger partial charge is 0.314 e. The lowest BCUT2D eigenvalue weighted by Gasteiger charge is -2.17. The van der Waals surface area contributed by atoms with Crippen LogP contribution in [-0.2, 0) is 19.9 Å². The van der Waals surface area contributed by atoms with Crippen LogP contribution in [0, 0.1) is 13.8 Å². The lowest BCUT2D eigenvalue weighted by atomic mass is 9.98. The maximum atomic E-state index is 4.49. The Hall–Kier alpha value is -1.61. The van der Waals surface area contributed by atoms with Crippen molar-refractivity contribution in [1.29, 1.82) is 0 Å². The molecule has 0 radical (unpaired) electrons. The molecule has 1 heterocycles. The third-order valence-electron chi connectivity index (χ3n) is 3.48. The van der Waals surface area contributed by atoms with Crippen LogP contribution < -0.4 is 5.32 Å². The van der Waals surface area contributed by atoms with E-state index in [0.717, 1.165) is 25.1 Å². The summed E-state index contributed by atoms with van der Waals surface area (Å²) in [4.78, 5) is 0. The summed E-state index contributed by atoms with van der Waals surface area (Å²) in [6.07, 6.45) is 4.03. The molecule has 1 aromatic heterocycles. The molecule has 2 aromatic rings. The molecule has 0 aliphatic rings. The van der Waals surface area contributed by atoms with Crippen molar-refractivity contribution in [2.45, 2.75) is 39.7 Å². The first-order valence-electron chi connectivity index (χ1n) is 7.36. The van der Waals surface area contributed by atoms with Crippen molar-refractivity contribution in [2.75, 3.05) is 6.54 Å². The zero-order chi connectivity index (χ0) is 14.5. The summed E-state index contributed by atoms with van der Waals surface area (Å²) in [7, 11) is 1.97. The highest BCUT2D eigenvalue weighted by molar-refractivity contribution is 5.29. The molecule has 1 N–H and O–H groups in total. The minimum Gasteiger partial charge on any atom is -0.314 e. The van der Waals surface area contributed by atoms with Crippen molar-refractivity contribution in [3.8, 4) is 0 Å². The van der Waals surface area contributed by atoms with Crippen molar-refractivity contribution < 1.29 is 0 Å². The molecular weight excluding hydrogens is 246 g/mol. The summed E-state index contributed by atoms with van der Waals surface area (Å²) in [6, 6.07) is 9.35. The van der Waals surface area contributed by atoms with Crippen molar-refractivity contribution in [3.63, 3.8) is 0 Å². The molecule has 3 heteroatoms. The summed E-state index contributed by atoms with van der Waals surface area (Å²) in [5.41, 5.74) is 5.24. The number of hydrogen-bond acceptors (Lipinski definition) is 2. The molecule has 1 atom stereocenters. The number of aryl methyl sites for hydroxylation is 3. The topological polar surface area (TPSA) is 29.9 Å². The Morgan fingerprint density at radius 1 is 1.15 bits per heavy atom. The molecule has 1 aromatic carbocycles. The van der Waals surface area contributed by atoms with Gasteiger partial charge in [0.25, 0.3) is 0 Å². The van der Waals surface area contributed by atoms with Gasteiger partial charge in [0.05, 0.1) is 5.69 Å². The molecule has 0 amide bonds. The van der Waals surface area contributed by atoms with Gasteiger partial charge in [0.15, 0.2) is 0 Å². The van der Waals surface area contributed by atoms with Crippen molar-refractivity contribution >= 4 is 0 Å². The van der Waals surface area contributed by atoms with E-state index in [0.29, 0.717) is 6.04 Å². The number of rotatable bonds is 6. The number of nitrogens with one attached hydrogen (secondary N) is 1. The maximum absolute atomic E-state index is 4.49. The van der Waals surface area contributed by atoms with E-state index in [4.69, 9.17) is 0 Å². The standard InChI is InChI=1S/C17H25N3/c1-5-18-17(12-16-6-7-20(4)19-16)11-15-9-13(2)8-14(3)10-15/h6-10,17-18H,5,11-12H2,1-4H3. The first-order valence-corrected chi connectivity index (χ1v) is 7.36.